The Morgan fingerprint density at radius 1 is 1.04 bits per heavy atom. The average Bonchev–Trinajstić information content (AvgIpc) is 2.68. The first-order valence-corrected chi connectivity index (χ1v) is 8.49. The van der Waals surface area contributed by atoms with Crippen molar-refractivity contribution in [3.05, 3.63) is 65.7 Å². The lowest BCUT2D eigenvalue weighted by atomic mass is 9.89. The number of benzene rings is 2. The highest BCUT2D eigenvalue weighted by Gasteiger charge is 2.41. The Bertz CT molecular complexity index is 752. The molecule has 26 heavy (non-hydrogen) atoms. The zero-order valence-electron chi connectivity index (χ0n) is 14.3. The SMILES string of the molecule is O=C(NC1(C(=O)O)CCOCC1)c1ccc(OCc2ccccc2)cc1. The Hall–Kier alpha value is -2.86. The van der Waals surface area contributed by atoms with E-state index in [0.717, 1.165) is 5.56 Å². The number of rotatable bonds is 6. The van der Waals surface area contributed by atoms with Crippen LogP contribution in [0.1, 0.15) is 28.8 Å². The second kappa shape index (κ2) is 8.01. The van der Waals surface area contributed by atoms with Crippen LogP contribution in [0.3, 0.4) is 0 Å². The number of carbonyl (C=O) groups excluding carboxylic acids is 1. The van der Waals surface area contributed by atoms with E-state index in [1.807, 2.05) is 30.3 Å². The van der Waals surface area contributed by atoms with Gasteiger partial charge in [-0.05, 0) is 29.8 Å². The number of nitrogens with one attached hydrogen (secondary N) is 1. The van der Waals surface area contributed by atoms with Gasteiger partial charge in [-0.15, -0.1) is 0 Å². The van der Waals surface area contributed by atoms with Crippen molar-refractivity contribution in [3.8, 4) is 5.75 Å². The normalized spacial score (nSPS) is 15.8. The van der Waals surface area contributed by atoms with Crippen LogP contribution in [0, 0.1) is 0 Å². The van der Waals surface area contributed by atoms with Crippen molar-refractivity contribution in [2.45, 2.75) is 25.0 Å². The third-order valence-corrected chi connectivity index (χ3v) is 4.47. The van der Waals surface area contributed by atoms with E-state index >= 15 is 0 Å². The summed E-state index contributed by atoms with van der Waals surface area (Å²) in [6.45, 7) is 1.08. The van der Waals surface area contributed by atoms with Gasteiger partial charge in [-0.3, -0.25) is 4.79 Å². The molecule has 0 radical (unpaired) electrons. The van der Waals surface area contributed by atoms with Crippen LogP contribution < -0.4 is 10.1 Å². The summed E-state index contributed by atoms with van der Waals surface area (Å²) in [5.41, 5.74) is 0.180. The summed E-state index contributed by atoms with van der Waals surface area (Å²) in [7, 11) is 0. The Kier molecular flexibility index (Phi) is 5.53. The lowest BCUT2D eigenvalue weighted by Crippen LogP contribution is -2.57. The number of carboxylic acids is 1. The van der Waals surface area contributed by atoms with Crippen molar-refractivity contribution in [2.24, 2.45) is 0 Å². The standard InChI is InChI=1S/C20H21NO5/c22-18(21-20(19(23)24)10-12-25-13-11-20)16-6-8-17(9-7-16)26-14-15-4-2-1-3-5-15/h1-9H,10-14H2,(H,21,22)(H,23,24). The van der Waals surface area contributed by atoms with Crippen LogP contribution in [0.25, 0.3) is 0 Å². The molecule has 136 valence electrons. The smallest absolute Gasteiger partial charge is 0.329 e. The molecular weight excluding hydrogens is 334 g/mol. The number of aliphatic carboxylic acids is 1. The zero-order chi connectivity index (χ0) is 18.4. The third-order valence-electron chi connectivity index (χ3n) is 4.47. The van der Waals surface area contributed by atoms with Gasteiger partial charge < -0.3 is 19.9 Å². The molecule has 0 atom stereocenters. The van der Waals surface area contributed by atoms with Crippen molar-refractivity contribution < 1.29 is 24.2 Å². The molecule has 1 fully saturated rings. The molecule has 6 nitrogen and oxygen atoms in total. The van der Waals surface area contributed by atoms with E-state index in [0.29, 0.717) is 31.1 Å². The van der Waals surface area contributed by atoms with E-state index in [4.69, 9.17) is 9.47 Å². The monoisotopic (exact) mass is 355 g/mol. The third kappa shape index (κ3) is 4.21. The molecule has 0 bridgehead atoms. The van der Waals surface area contributed by atoms with Crippen LogP contribution in [-0.4, -0.2) is 35.7 Å². The number of ether oxygens (including phenoxy) is 2. The fraction of sp³-hybridized carbons (Fsp3) is 0.300. The lowest BCUT2D eigenvalue weighted by Gasteiger charge is -2.33. The van der Waals surface area contributed by atoms with Gasteiger partial charge in [-0.1, -0.05) is 30.3 Å². The van der Waals surface area contributed by atoms with E-state index in [1.165, 1.54) is 0 Å². The van der Waals surface area contributed by atoms with Crippen LogP contribution in [0.15, 0.2) is 54.6 Å². The van der Waals surface area contributed by atoms with E-state index in [9.17, 15) is 14.7 Å². The van der Waals surface area contributed by atoms with Gasteiger partial charge in [0, 0.05) is 31.6 Å². The summed E-state index contributed by atoms with van der Waals surface area (Å²) in [4.78, 5) is 24.1. The number of hydrogen-bond acceptors (Lipinski definition) is 4. The van der Waals surface area contributed by atoms with Gasteiger partial charge in [0.25, 0.3) is 5.91 Å². The fourth-order valence-corrected chi connectivity index (χ4v) is 2.85. The molecule has 0 spiro atoms. The van der Waals surface area contributed by atoms with Crippen molar-refractivity contribution in [2.75, 3.05) is 13.2 Å². The largest absolute Gasteiger partial charge is 0.489 e. The molecule has 6 heteroatoms. The number of hydrogen-bond donors (Lipinski definition) is 2. The molecule has 2 N–H and O–H groups in total. The average molecular weight is 355 g/mol. The van der Waals surface area contributed by atoms with Gasteiger partial charge in [0.15, 0.2) is 0 Å². The summed E-state index contributed by atoms with van der Waals surface area (Å²) >= 11 is 0. The molecule has 1 amide bonds. The minimum Gasteiger partial charge on any atom is -0.489 e. The first-order valence-electron chi connectivity index (χ1n) is 8.49. The second-order valence-electron chi connectivity index (χ2n) is 6.25. The highest BCUT2D eigenvalue weighted by Crippen LogP contribution is 2.22. The first kappa shape index (κ1) is 17.9. The quantitative estimate of drug-likeness (QED) is 0.832. The van der Waals surface area contributed by atoms with Crippen LogP contribution in [-0.2, 0) is 16.1 Å². The van der Waals surface area contributed by atoms with Gasteiger partial charge in [-0.25, -0.2) is 4.79 Å². The highest BCUT2D eigenvalue weighted by atomic mass is 16.5. The molecule has 1 saturated heterocycles. The predicted octanol–water partition coefficient (Wildman–Crippen LogP) is 2.63. The zero-order valence-corrected chi connectivity index (χ0v) is 14.3. The molecule has 0 aliphatic carbocycles. The van der Waals surface area contributed by atoms with Gasteiger partial charge in [0.1, 0.15) is 17.9 Å². The van der Waals surface area contributed by atoms with E-state index in [2.05, 4.69) is 5.32 Å². The summed E-state index contributed by atoms with van der Waals surface area (Å²) in [5, 5.41) is 12.2. The van der Waals surface area contributed by atoms with Crippen molar-refractivity contribution in [1.82, 2.24) is 5.32 Å². The van der Waals surface area contributed by atoms with Gasteiger partial charge in [0.05, 0.1) is 0 Å². The van der Waals surface area contributed by atoms with Gasteiger partial charge >= 0.3 is 5.97 Å². The van der Waals surface area contributed by atoms with E-state index < -0.39 is 17.4 Å². The molecule has 0 unspecified atom stereocenters. The Labute approximate surface area is 151 Å². The van der Waals surface area contributed by atoms with Gasteiger partial charge in [0.2, 0.25) is 0 Å². The maximum atomic E-state index is 12.5. The summed E-state index contributed by atoms with van der Waals surface area (Å²) < 4.78 is 10.9. The molecule has 1 heterocycles. The predicted molar refractivity (Wildman–Crippen MR) is 95.1 cm³/mol. The molecule has 1 aliphatic rings. The summed E-state index contributed by atoms with van der Waals surface area (Å²) in [6.07, 6.45) is 0.513. The van der Waals surface area contributed by atoms with Crippen LogP contribution in [0.4, 0.5) is 0 Å². The topological polar surface area (TPSA) is 84.9 Å². The van der Waals surface area contributed by atoms with Crippen molar-refractivity contribution in [3.63, 3.8) is 0 Å². The van der Waals surface area contributed by atoms with Crippen LogP contribution in [0.5, 0.6) is 5.75 Å². The fourth-order valence-electron chi connectivity index (χ4n) is 2.85. The minimum absolute atomic E-state index is 0.256. The first-order chi connectivity index (χ1) is 12.6. The second-order valence-corrected chi connectivity index (χ2v) is 6.25. The van der Waals surface area contributed by atoms with Crippen LogP contribution >= 0.6 is 0 Å². The Morgan fingerprint density at radius 2 is 1.69 bits per heavy atom. The highest BCUT2D eigenvalue weighted by molar-refractivity contribution is 5.98. The molecular formula is C20H21NO5. The maximum Gasteiger partial charge on any atom is 0.329 e. The molecule has 2 aromatic carbocycles. The molecule has 2 aromatic rings. The van der Waals surface area contributed by atoms with Crippen molar-refractivity contribution >= 4 is 11.9 Å². The Balaban J connectivity index is 1.62. The van der Waals surface area contributed by atoms with Gasteiger partial charge in [-0.2, -0.15) is 0 Å². The summed E-state index contributed by atoms with van der Waals surface area (Å²) in [6, 6.07) is 16.4. The number of amides is 1. The molecule has 0 saturated carbocycles. The summed E-state index contributed by atoms with van der Waals surface area (Å²) in [5.74, 6) is -0.801. The van der Waals surface area contributed by atoms with Crippen molar-refractivity contribution in [1.29, 1.82) is 0 Å². The lowest BCUT2D eigenvalue weighted by molar-refractivity contribution is -0.148. The van der Waals surface area contributed by atoms with E-state index in [1.54, 1.807) is 24.3 Å². The van der Waals surface area contributed by atoms with E-state index in [-0.39, 0.29) is 12.8 Å². The Morgan fingerprint density at radius 3 is 2.31 bits per heavy atom. The number of carbonyl (C=O) groups is 2. The molecule has 3 rings (SSSR count). The number of carboxylic acid groups (broad SMARTS) is 1. The van der Waals surface area contributed by atoms with Crippen LogP contribution in [0.2, 0.25) is 0 Å². The maximum absolute atomic E-state index is 12.5. The minimum atomic E-state index is -1.27. The molecule has 1 aliphatic heterocycles. The molecule has 0 aromatic heterocycles.